The molecule has 0 aromatic heterocycles. The second kappa shape index (κ2) is 73.4. The topological polar surface area (TPSA) is 175 Å². The van der Waals surface area contributed by atoms with Crippen LogP contribution in [0.2, 0.25) is 0 Å². The van der Waals surface area contributed by atoms with Crippen LogP contribution in [0.3, 0.4) is 0 Å². The Balaban J connectivity index is 1.90. The monoisotopic (exact) mass is 1340 g/mol. The predicted molar refractivity (Wildman–Crippen MR) is 403 cm³/mol. The number of aliphatic hydroxyl groups excluding tert-OH is 5. The Hall–Kier alpha value is -1.86. The molecule has 11 heteroatoms. The molecule has 6 N–H and O–H groups in total. The summed E-state index contributed by atoms with van der Waals surface area (Å²) < 4.78 is 16.8. The van der Waals surface area contributed by atoms with E-state index in [4.69, 9.17) is 14.2 Å². The van der Waals surface area contributed by atoms with Crippen LogP contribution in [0.5, 0.6) is 0 Å². The molecule has 0 aromatic rings. The van der Waals surface area contributed by atoms with Crippen LogP contribution in [0.15, 0.2) is 24.3 Å². The van der Waals surface area contributed by atoms with Crippen LogP contribution < -0.4 is 5.32 Å². The number of hydrogen-bond acceptors (Lipinski definition) is 10. The van der Waals surface area contributed by atoms with Crippen LogP contribution in [0.25, 0.3) is 0 Å². The molecular weight excluding hydrogens is 1180 g/mol. The zero-order valence-electron chi connectivity index (χ0n) is 62.9. The molecule has 11 nitrogen and oxygen atoms in total. The van der Waals surface area contributed by atoms with Gasteiger partial charge in [0.1, 0.15) is 24.4 Å². The van der Waals surface area contributed by atoms with Gasteiger partial charge in [-0.1, -0.05) is 391 Å². The molecule has 1 aliphatic rings. The normalized spacial score (nSPS) is 17.4. The number of unbranched alkanes of at least 4 members (excludes halogenated alkanes) is 60. The fourth-order valence-corrected chi connectivity index (χ4v) is 13.7. The summed E-state index contributed by atoms with van der Waals surface area (Å²) in [5, 5.41) is 54.7. The molecule has 562 valence electrons. The minimum absolute atomic E-state index is 0.0193. The standard InChI is InChI=1S/C84H161NO10/c1-3-5-7-9-11-13-15-17-43-47-50-54-58-62-66-70-77(87)76(75-94-84-83(92)82(91)81(90)78(74-86)95-84)85-79(88)71-67-63-59-55-51-48-44-41-39-37-35-33-31-29-27-25-23-21-19-18-20-22-24-26-28-30-32-34-36-38-40-42-45-49-53-57-61-65-69-73-93-80(89)72-68-64-60-56-52-46-16-14-12-10-8-6-4-2/h18-19,66,70,76-78,81-84,86-87,90-92H,3-17,20-65,67-69,71-75H2,1-2H3,(H,85,88)/b19-18-,70-66+. The van der Waals surface area contributed by atoms with Crippen molar-refractivity contribution in [2.45, 2.75) is 480 Å². The number of amides is 1. The van der Waals surface area contributed by atoms with E-state index in [1.165, 1.54) is 360 Å². The van der Waals surface area contributed by atoms with Gasteiger partial charge >= 0.3 is 5.97 Å². The first-order chi connectivity index (χ1) is 46.7. The molecular formula is C84H161NO10. The van der Waals surface area contributed by atoms with Gasteiger partial charge in [-0.2, -0.15) is 0 Å². The van der Waals surface area contributed by atoms with Crippen LogP contribution in [-0.2, 0) is 23.8 Å². The lowest BCUT2D eigenvalue weighted by Crippen LogP contribution is -2.60. The Kier molecular flexibility index (Phi) is 70.4. The molecule has 0 bridgehead atoms. The lowest BCUT2D eigenvalue weighted by molar-refractivity contribution is -0.302. The van der Waals surface area contributed by atoms with E-state index < -0.39 is 49.5 Å². The Morgan fingerprint density at radius 3 is 1.01 bits per heavy atom. The highest BCUT2D eigenvalue weighted by molar-refractivity contribution is 5.76. The highest BCUT2D eigenvalue weighted by Gasteiger charge is 2.44. The van der Waals surface area contributed by atoms with Crippen LogP contribution in [-0.4, -0.2) is 100 Å². The average Bonchev–Trinajstić information content (AvgIpc) is 0.850. The fourth-order valence-electron chi connectivity index (χ4n) is 13.7. The fraction of sp³-hybridized carbons (Fsp3) is 0.929. The summed E-state index contributed by atoms with van der Waals surface area (Å²) in [5.74, 6) is -0.154. The molecule has 0 saturated carbocycles. The second-order valence-electron chi connectivity index (χ2n) is 29.5. The zero-order valence-corrected chi connectivity index (χ0v) is 62.9. The molecule has 0 aromatic carbocycles. The number of aliphatic hydroxyl groups is 5. The van der Waals surface area contributed by atoms with Gasteiger partial charge in [-0.3, -0.25) is 9.59 Å². The van der Waals surface area contributed by atoms with Gasteiger partial charge in [-0.25, -0.2) is 0 Å². The summed E-state index contributed by atoms with van der Waals surface area (Å²) in [4.78, 5) is 25.2. The molecule has 95 heavy (non-hydrogen) atoms. The van der Waals surface area contributed by atoms with Crippen molar-refractivity contribution in [3.05, 3.63) is 24.3 Å². The highest BCUT2D eigenvalue weighted by atomic mass is 16.7. The van der Waals surface area contributed by atoms with E-state index in [0.717, 1.165) is 51.4 Å². The maximum atomic E-state index is 13.1. The maximum absolute atomic E-state index is 13.1. The van der Waals surface area contributed by atoms with E-state index in [0.29, 0.717) is 19.4 Å². The molecule has 1 aliphatic heterocycles. The second-order valence-corrected chi connectivity index (χ2v) is 29.5. The van der Waals surface area contributed by atoms with Crippen molar-refractivity contribution in [1.82, 2.24) is 5.32 Å². The first kappa shape index (κ1) is 91.2. The largest absolute Gasteiger partial charge is 0.466 e. The number of hydrogen-bond donors (Lipinski definition) is 6. The third-order valence-corrected chi connectivity index (χ3v) is 20.3. The molecule has 1 fully saturated rings. The van der Waals surface area contributed by atoms with Crippen LogP contribution in [0, 0.1) is 0 Å². The third-order valence-electron chi connectivity index (χ3n) is 20.3. The number of allylic oxidation sites excluding steroid dienone is 3. The first-order valence-electron chi connectivity index (χ1n) is 42.1. The van der Waals surface area contributed by atoms with Gasteiger partial charge in [0.05, 0.1) is 32.0 Å². The molecule has 1 amide bonds. The molecule has 0 aliphatic carbocycles. The highest BCUT2D eigenvalue weighted by Crippen LogP contribution is 2.24. The van der Waals surface area contributed by atoms with Crippen LogP contribution >= 0.6 is 0 Å². The summed E-state index contributed by atoms with van der Waals surface area (Å²) in [5.41, 5.74) is 0. The lowest BCUT2D eigenvalue weighted by atomic mass is 9.99. The van der Waals surface area contributed by atoms with E-state index in [1.807, 2.05) is 6.08 Å². The van der Waals surface area contributed by atoms with E-state index in [-0.39, 0.29) is 18.5 Å². The number of nitrogens with one attached hydrogen (secondary N) is 1. The number of ether oxygens (including phenoxy) is 3. The molecule has 0 spiro atoms. The molecule has 0 radical (unpaired) electrons. The summed E-state index contributed by atoms with van der Waals surface area (Å²) in [6.07, 6.45) is 85.0. The molecule has 7 unspecified atom stereocenters. The van der Waals surface area contributed by atoms with Crippen molar-refractivity contribution in [3.63, 3.8) is 0 Å². The SMILES string of the molecule is CCCCCCCCCCCCCCC/C=C/C(O)C(COC1OC(CO)C(O)C(O)C1O)NC(=O)CCCCCCCCCCCCCCCCCCC/C=C\CCCCCCCCCCCCCCCCCCCCOC(=O)CCCCCCCCCCCCCCC. The minimum atomic E-state index is -1.57. The van der Waals surface area contributed by atoms with Gasteiger partial charge in [-0.05, 0) is 57.8 Å². The number of carbonyl (C=O) groups excluding carboxylic acids is 2. The van der Waals surface area contributed by atoms with Crippen molar-refractivity contribution in [3.8, 4) is 0 Å². The van der Waals surface area contributed by atoms with Gasteiger partial charge in [-0.15, -0.1) is 0 Å². The molecule has 1 rings (SSSR count). The molecule has 7 atom stereocenters. The Morgan fingerprint density at radius 2 is 0.674 bits per heavy atom. The van der Waals surface area contributed by atoms with E-state index in [9.17, 15) is 35.1 Å². The van der Waals surface area contributed by atoms with Crippen LogP contribution in [0.1, 0.15) is 438 Å². The average molecular weight is 1350 g/mol. The third kappa shape index (κ3) is 61.7. The van der Waals surface area contributed by atoms with Crippen molar-refractivity contribution < 1.29 is 49.3 Å². The van der Waals surface area contributed by atoms with Gasteiger partial charge in [0, 0.05) is 12.8 Å². The van der Waals surface area contributed by atoms with Crippen LogP contribution in [0.4, 0.5) is 0 Å². The molecule has 1 saturated heterocycles. The summed E-state index contributed by atoms with van der Waals surface area (Å²) in [6, 6.07) is -0.807. The summed E-state index contributed by atoms with van der Waals surface area (Å²) in [6.45, 7) is 4.42. The lowest BCUT2D eigenvalue weighted by Gasteiger charge is -2.40. The number of rotatable bonds is 76. The first-order valence-corrected chi connectivity index (χ1v) is 42.1. The van der Waals surface area contributed by atoms with E-state index in [1.54, 1.807) is 6.08 Å². The van der Waals surface area contributed by atoms with Gasteiger partial charge in [0.2, 0.25) is 5.91 Å². The van der Waals surface area contributed by atoms with Crippen molar-refractivity contribution in [1.29, 1.82) is 0 Å². The quantitative estimate of drug-likeness (QED) is 0.0195. The number of carbonyl (C=O) groups is 2. The predicted octanol–water partition coefficient (Wildman–Crippen LogP) is 23.1. The van der Waals surface area contributed by atoms with E-state index >= 15 is 0 Å². The van der Waals surface area contributed by atoms with Crippen molar-refractivity contribution >= 4 is 11.9 Å². The Morgan fingerprint density at radius 1 is 0.379 bits per heavy atom. The minimum Gasteiger partial charge on any atom is -0.466 e. The summed E-state index contributed by atoms with van der Waals surface area (Å²) in [7, 11) is 0. The summed E-state index contributed by atoms with van der Waals surface area (Å²) >= 11 is 0. The Bertz CT molecular complexity index is 1630. The van der Waals surface area contributed by atoms with Crippen molar-refractivity contribution in [2.75, 3.05) is 19.8 Å². The Labute approximate surface area is 588 Å². The number of esters is 1. The van der Waals surface area contributed by atoms with E-state index in [2.05, 4.69) is 31.3 Å². The molecule has 1 heterocycles. The van der Waals surface area contributed by atoms with Gasteiger partial charge in [0.15, 0.2) is 6.29 Å². The maximum Gasteiger partial charge on any atom is 0.305 e. The van der Waals surface area contributed by atoms with Gasteiger partial charge in [0.25, 0.3) is 0 Å². The smallest absolute Gasteiger partial charge is 0.305 e. The zero-order chi connectivity index (χ0) is 68.6. The van der Waals surface area contributed by atoms with Crippen molar-refractivity contribution in [2.24, 2.45) is 0 Å². The van der Waals surface area contributed by atoms with Gasteiger partial charge < -0.3 is 45.1 Å².